The van der Waals surface area contributed by atoms with Crippen LogP contribution in [0.2, 0.25) is 0 Å². The first-order valence-corrected chi connectivity index (χ1v) is 8.25. The topological polar surface area (TPSA) is 20.2 Å². The molecular formula is C17H25BrO. The van der Waals surface area contributed by atoms with Crippen LogP contribution in [0, 0.1) is 11.8 Å². The number of benzene rings is 1. The summed E-state index contributed by atoms with van der Waals surface area (Å²) >= 11 is 3.51. The molecule has 1 fully saturated rings. The highest BCUT2D eigenvalue weighted by Gasteiger charge is 2.31. The molecule has 19 heavy (non-hydrogen) atoms. The van der Waals surface area contributed by atoms with Gasteiger partial charge in [-0.05, 0) is 48.8 Å². The molecule has 0 saturated heterocycles. The van der Waals surface area contributed by atoms with Crippen LogP contribution in [0.4, 0.5) is 0 Å². The number of rotatable bonds is 3. The van der Waals surface area contributed by atoms with Gasteiger partial charge >= 0.3 is 0 Å². The van der Waals surface area contributed by atoms with Crippen molar-refractivity contribution >= 4 is 15.9 Å². The molecule has 0 bridgehead atoms. The fraction of sp³-hybridized carbons (Fsp3) is 0.647. The lowest BCUT2D eigenvalue weighted by atomic mass is 9.85. The normalized spacial score (nSPS) is 28.4. The minimum absolute atomic E-state index is 0.496. The van der Waals surface area contributed by atoms with Gasteiger partial charge in [-0.1, -0.05) is 54.8 Å². The van der Waals surface area contributed by atoms with Crippen LogP contribution in [-0.2, 0) is 6.42 Å². The van der Waals surface area contributed by atoms with Crippen LogP contribution in [0.3, 0.4) is 0 Å². The highest BCUT2D eigenvalue weighted by atomic mass is 79.9. The summed E-state index contributed by atoms with van der Waals surface area (Å²) in [5.74, 6) is 1.53. The van der Waals surface area contributed by atoms with E-state index in [-0.39, 0.29) is 0 Å². The largest absolute Gasteiger partial charge is 0.390 e. The standard InChI is InChI=1S/C17H25BrO/c1-13(2)15-6-4-9-17(19,10-8-15)12-14-5-3-7-16(18)11-14/h3,5,7,11,13,15,19H,4,6,8-10,12H2,1-2H3. The van der Waals surface area contributed by atoms with Crippen LogP contribution >= 0.6 is 15.9 Å². The third-order valence-corrected chi connectivity index (χ3v) is 5.06. The average molecular weight is 325 g/mol. The van der Waals surface area contributed by atoms with Crippen molar-refractivity contribution in [1.29, 1.82) is 0 Å². The molecule has 1 saturated carbocycles. The number of halogens is 1. The lowest BCUT2D eigenvalue weighted by Crippen LogP contribution is -2.30. The van der Waals surface area contributed by atoms with Gasteiger partial charge in [0.05, 0.1) is 5.60 Å². The van der Waals surface area contributed by atoms with Crippen molar-refractivity contribution < 1.29 is 5.11 Å². The highest BCUT2D eigenvalue weighted by Crippen LogP contribution is 2.36. The van der Waals surface area contributed by atoms with E-state index in [1.807, 2.05) is 6.07 Å². The fourth-order valence-corrected chi connectivity index (χ4v) is 3.73. The van der Waals surface area contributed by atoms with Gasteiger partial charge in [-0.25, -0.2) is 0 Å². The Kier molecular flexibility index (Phi) is 5.08. The molecule has 0 radical (unpaired) electrons. The van der Waals surface area contributed by atoms with Crippen molar-refractivity contribution in [2.24, 2.45) is 11.8 Å². The van der Waals surface area contributed by atoms with Crippen LogP contribution in [-0.4, -0.2) is 10.7 Å². The molecule has 1 nitrogen and oxygen atoms in total. The molecule has 1 aromatic carbocycles. The van der Waals surface area contributed by atoms with Crippen LogP contribution in [0.25, 0.3) is 0 Å². The van der Waals surface area contributed by atoms with Crippen molar-refractivity contribution in [1.82, 2.24) is 0 Å². The van der Waals surface area contributed by atoms with E-state index in [0.29, 0.717) is 0 Å². The molecule has 0 amide bonds. The Bertz CT molecular complexity index is 415. The first kappa shape index (κ1) is 15.1. The average Bonchev–Trinajstić information content (AvgIpc) is 2.51. The zero-order valence-electron chi connectivity index (χ0n) is 12.0. The minimum atomic E-state index is -0.496. The Morgan fingerprint density at radius 1 is 1.32 bits per heavy atom. The quantitative estimate of drug-likeness (QED) is 0.779. The first-order chi connectivity index (χ1) is 8.98. The molecule has 1 aliphatic carbocycles. The van der Waals surface area contributed by atoms with Crippen molar-refractivity contribution in [3.05, 3.63) is 34.3 Å². The van der Waals surface area contributed by atoms with Crippen molar-refractivity contribution in [2.75, 3.05) is 0 Å². The van der Waals surface area contributed by atoms with Crippen LogP contribution < -0.4 is 0 Å². The summed E-state index contributed by atoms with van der Waals surface area (Å²) in [6.45, 7) is 4.62. The summed E-state index contributed by atoms with van der Waals surface area (Å²) in [5, 5.41) is 10.9. The van der Waals surface area contributed by atoms with E-state index in [9.17, 15) is 5.11 Å². The Morgan fingerprint density at radius 2 is 2.11 bits per heavy atom. The van der Waals surface area contributed by atoms with E-state index in [0.717, 1.165) is 42.0 Å². The molecule has 2 atom stereocenters. The minimum Gasteiger partial charge on any atom is -0.390 e. The molecule has 0 aromatic heterocycles. The van der Waals surface area contributed by atoms with Crippen LogP contribution in [0.5, 0.6) is 0 Å². The lowest BCUT2D eigenvalue weighted by molar-refractivity contribution is 0.0237. The molecule has 1 N–H and O–H groups in total. The maximum Gasteiger partial charge on any atom is 0.0688 e. The molecule has 1 aromatic rings. The van der Waals surface area contributed by atoms with Gasteiger partial charge in [0, 0.05) is 10.9 Å². The lowest BCUT2D eigenvalue weighted by Gasteiger charge is -2.27. The smallest absolute Gasteiger partial charge is 0.0688 e. The summed E-state index contributed by atoms with van der Waals surface area (Å²) in [6.07, 6.45) is 6.29. The molecule has 0 aliphatic heterocycles. The van der Waals surface area contributed by atoms with E-state index < -0.39 is 5.60 Å². The van der Waals surface area contributed by atoms with Gasteiger partial charge in [0.2, 0.25) is 0 Å². The van der Waals surface area contributed by atoms with Crippen molar-refractivity contribution in [3.63, 3.8) is 0 Å². The van der Waals surface area contributed by atoms with E-state index in [1.165, 1.54) is 18.4 Å². The summed E-state index contributed by atoms with van der Waals surface area (Å²) in [7, 11) is 0. The summed E-state index contributed by atoms with van der Waals surface area (Å²) < 4.78 is 1.10. The number of aliphatic hydroxyl groups is 1. The maximum atomic E-state index is 10.9. The van der Waals surface area contributed by atoms with Gasteiger partial charge in [-0.3, -0.25) is 0 Å². The summed E-state index contributed by atoms with van der Waals surface area (Å²) in [5.41, 5.74) is 0.740. The zero-order chi connectivity index (χ0) is 13.9. The molecular weight excluding hydrogens is 300 g/mol. The molecule has 106 valence electrons. The van der Waals surface area contributed by atoms with Crippen molar-refractivity contribution in [3.8, 4) is 0 Å². The molecule has 1 aliphatic rings. The van der Waals surface area contributed by atoms with Gasteiger partial charge in [0.1, 0.15) is 0 Å². The second kappa shape index (κ2) is 6.41. The summed E-state index contributed by atoms with van der Waals surface area (Å²) in [6, 6.07) is 8.34. The Labute approximate surface area is 125 Å². The van der Waals surface area contributed by atoms with Crippen molar-refractivity contribution in [2.45, 2.75) is 58.0 Å². The second-order valence-corrected chi connectivity index (χ2v) is 7.38. The highest BCUT2D eigenvalue weighted by molar-refractivity contribution is 9.10. The van der Waals surface area contributed by atoms with Gasteiger partial charge in [-0.2, -0.15) is 0 Å². The maximum absolute atomic E-state index is 10.9. The Morgan fingerprint density at radius 3 is 2.79 bits per heavy atom. The SMILES string of the molecule is CC(C)C1CCCC(O)(Cc2cccc(Br)c2)CC1. The van der Waals surface area contributed by atoms with E-state index in [2.05, 4.69) is 48.0 Å². The predicted octanol–water partition coefficient (Wildman–Crippen LogP) is 4.96. The third kappa shape index (κ3) is 4.32. The molecule has 0 spiro atoms. The number of hydrogen-bond acceptors (Lipinski definition) is 1. The molecule has 2 heteroatoms. The van der Waals surface area contributed by atoms with E-state index >= 15 is 0 Å². The second-order valence-electron chi connectivity index (χ2n) is 6.47. The van der Waals surface area contributed by atoms with E-state index in [4.69, 9.17) is 0 Å². The monoisotopic (exact) mass is 324 g/mol. The van der Waals surface area contributed by atoms with Gasteiger partial charge < -0.3 is 5.11 Å². The van der Waals surface area contributed by atoms with Gasteiger partial charge in [0.15, 0.2) is 0 Å². The number of hydrogen-bond donors (Lipinski definition) is 1. The van der Waals surface area contributed by atoms with E-state index in [1.54, 1.807) is 0 Å². The molecule has 0 heterocycles. The first-order valence-electron chi connectivity index (χ1n) is 7.45. The Hall–Kier alpha value is -0.340. The predicted molar refractivity (Wildman–Crippen MR) is 84.2 cm³/mol. The summed E-state index contributed by atoms with van der Waals surface area (Å²) in [4.78, 5) is 0. The zero-order valence-corrected chi connectivity index (χ0v) is 13.6. The van der Waals surface area contributed by atoms with Crippen LogP contribution in [0.15, 0.2) is 28.7 Å². The fourth-order valence-electron chi connectivity index (χ4n) is 3.29. The van der Waals surface area contributed by atoms with Crippen LogP contribution in [0.1, 0.15) is 51.5 Å². The Balaban J connectivity index is 2.02. The van der Waals surface area contributed by atoms with Gasteiger partial charge in [-0.15, -0.1) is 0 Å². The molecule has 2 rings (SSSR count). The van der Waals surface area contributed by atoms with Gasteiger partial charge in [0.25, 0.3) is 0 Å². The molecule has 2 unspecified atom stereocenters. The third-order valence-electron chi connectivity index (χ3n) is 4.56.